The molecular formula is C37H63N5O7S. The van der Waals surface area contributed by atoms with Crippen LogP contribution in [0.5, 0.6) is 0 Å². The fraction of sp³-hybridized carbons (Fsp3) is 0.865. The first-order valence-electron chi connectivity index (χ1n) is 18.9. The van der Waals surface area contributed by atoms with Crippen molar-refractivity contribution in [3.63, 3.8) is 0 Å². The number of nitrogens with one attached hydrogen (secondary N) is 4. The molecule has 0 aromatic heterocycles. The Morgan fingerprint density at radius 2 is 1.48 bits per heavy atom. The molecule has 284 valence electrons. The SMILES string of the molecule is CC(C)C1CCN(C(=O)[C@@H](NC(=O)NC2(CS(=O)(=O)C(C)(C)C)CCCCC2)C(C)(C)C)[C@@H]1C(=O)N[C@@H](CCC1CC1)C(=O)C(=O)NC1CC1. The number of hydrogen-bond donors (Lipinski definition) is 4. The minimum atomic E-state index is -3.56. The summed E-state index contributed by atoms with van der Waals surface area (Å²) < 4.78 is 25.7. The van der Waals surface area contributed by atoms with E-state index < -0.39 is 73.2 Å². The summed E-state index contributed by atoms with van der Waals surface area (Å²) in [5, 5.41) is 11.6. The zero-order chi connectivity index (χ0) is 37.2. The number of sulfone groups is 1. The van der Waals surface area contributed by atoms with Gasteiger partial charge in [-0.25, -0.2) is 13.2 Å². The molecule has 13 heteroatoms. The standard InChI is InChI=1S/C37H63N5O7S/c1-23(2)26-18-21-42(28(26)31(44)39-27(17-14-24-12-13-24)29(43)32(45)38-25-15-16-25)33(46)30(35(3,4)5)40-34(47)41-37(19-10-9-11-20-37)22-50(48,49)36(6,7)8/h23-28,30H,9-22H2,1-8H3,(H,38,45)(H,39,44)(H2,40,41,47)/t26?,27-,28-,30+/m0/s1. The average molecular weight is 722 g/mol. The number of carbonyl (C=O) groups is 5. The number of carbonyl (C=O) groups excluding carboxylic acids is 5. The van der Waals surface area contributed by atoms with Gasteiger partial charge in [0.05, 0.1) is 22.1 Å². The van der Waals surface area contributed by atoms with E-state index in [0.717, 1.165) is 51.4 Å². The Kier molecular flexibility index (Phi) is 12.4. The second kappa shape index (κ2) is 15.5. The fourth-order valence-electron chi connectivity index (χ4n) is 7.41. The minimum Gasteiger partial charge on any atom is -0.347 e. The van der Waals surface area contributed by atoms with Crippen LogP contribution in [-0.4, -0.2) is 89.6 Å². The highest BCUT2D eigenvalue weighted by molar-refractivity contribution is 7.92. The maximum absolute atomic E-state index is 14.5. The fourth-order valence-corrected chi connectivity index (χ4v) is 8.93. The molecule has 0 bridgehead atoms. The van der Waals surface area contributed by atoms with Crippen molar-refractivity contribution in [2.75, 3.05) is 12.3 Å². The molecule has 1 unspecified atom stereocenters. The van der Waals surface area contributed by atoms with Crippen molar-refractivity contribution in [3.05, 3.63) is 0 Å². The van der Waals surface area contributed by atoms with Gasteiger partial charge in [0.1, 0.15) is 12.1 Å². The van der Waals surface area contributed by atoms with Crippen molar-refractivity contribution in [2.45, 2.75) is 167 Å². The Morgan fingerprint density at radius 1 is 0.860 bits per heavy atom. The molecule has 0 aromatic carbocycles. The van der Waals surface area contributed by atoms with E-state index in [9.17, 15) is 32.4 Å². The van der Waals surface area contributed by atoms with Gasteiger partial charge in [-0.3, -0.25) is 19.2 Å². The number of Topliss-reactive ketones (excluding diaryl/α,β-unsaturated/α-hetero) is 1. The van der Waals surface area contributed by atoms with Crippen LogP contribution in [0.25, 0.3) is 0 Å². The van der Waals surface area contributed by atoms with Crippen molar-refractivity contribution in [2.24, 2.45) is 23.2 Å². The third kappa shape index (κ3) is 10.2. The average Bonchev–Trinajstić information content (AvgIpc) is 3.94. The molecule has 0 spiro atoms. The van der Waals surface area contributed by atoms with E-state index >= 15 is 0 Å². The predicted octanol–water partition coefficient (Wildman–Crippen LogP) is 4.01. The first-order chi connectivity index (χ1) is 23.1. The highest BCUT2D eigenvalue weighted by atomic mass is 32.2. The van der Waals surface area contributed by atoms with Crippen molar-refractivity contribution in [3.8, 4) is 0 Å². The predicted molar refractivity (Wildman–Crippen MR) is 193 cm³/mol. The highest BCUT2D eigenvalue weighted by Gasteiger charge is 2.49. The van der Waals surface area contributed by atoms with Crippen molar-refractivity contribution in [1.82, 2.24) is 26.2 Å². The van der Waals surface area contributed by atoms with Gasteiger partial charge in [-0.05, 0) is 88.9 Å². The smallest absolute Gasteiger partial charge is 0.315 e. The van der Waals surface area contributed by atoms with Gasteiger partial charge in [0.15, 0.2) is 9.84 Å². The molecule has 4 atom stereocenters. The number of rotatable bonds is 14. The molecule has 50 heavy (non-hydrogen) atoms. The third-order valence-electron chi connectivity index (χ3n) is 11.2. The van der Waals surface area contributed by atoms with E-state index in [0.29, 0.717) is 38.1 Å². The van der Waals surface area contributed by atoms with Crippen LogP contribution < -0.4 is 21.3 Å². The number of likely N-dealkylation sites (tertiary alicyclic amines) is 1. The van der Waals surface area contributed by atoms with Crippen LogP contribution in [0.15, 0.2) is 0 Å². The molecule has 4 aliphatic rings. The van der Waals surface area contributed by atoms with Crippen LogP contribution in [0.1, 0.15) is 132 Å². The normalized spacial score (nSPS) is 23.9. The number of urea groups is 1. The quantitative estimate of drug-likeness (QED) is 0.196. The summed E-state index contributed by atoms with van der Waals surface area (Å²) in [5.41, 5.74) is -1.71. The lowest BCUT2D eigenvalue weighted by atomic mass is 9.83. The summed E-state index contributed by atoms with van der Waals surface area (Å²) in [7, 11) is -3.56. The molecule has 1 aliphatic heterocycles. The molecule has 3 saturated carbocycles. The van der Waals surface area contributed by atoms with E-state index in [-0.39, 0.29) is 23.6 Å². The number of amides is 5. The lowest BCUT2D eigenvalue weighted by Gasteiger charge is -2.41. The molecule has 4 N–H and O–H groups in total. The van der Waals surface area contributed by atoms with Gasteiger partial charge >= 0.3 is 6.03 Å². The Morgan fingerprint density at radius 3 is 2.00 bits per heavy atom. The highest BCUT2D eigenvalue weighted by Crippen LogP contribution is 2.36. The Bertz CT molecular complexity index is 1390. The maximum atomic E-state index is 14.5. The van der Waals surface area contributed by atoms with Crippen LogP contribution in [0.4, 0.5) is 4.79 Å². The van der Waals surface area contributed by atoms with Crippen molar-refractivity contribution in [1.29, 1.82) is 0 Å². The van der Waals surface area contributed by atoms with Crippen LogP contribution in [0.3, 0.4) is 0 Å². The summed E-state index contributed by atoms with van der Waals surface area (Å²) in [4.78, 5) is 70.1. The summed E-state index contributed by atoms with van der Waals surface area (Å²) in [5.74, 6) is -2.05. The van der Waals surface area contributed by atoms with Gasteiger partial charge in [-0.1, -0.05) is 66.7 Å². The summed E-state index contributed by atoms with van der Waals surface area (Å²) in [6.07, 6.45) is 9.07. The van der Waals surface area contributed by atoms with Crippen LogP contribution in [0.2, 0.25) is 0 Å². The molecular weight excluding hydrogens is 659 g/mol. The maximum Gasteiger partial charge on any atom is 0.315 e. The summed E-state index contributed by atoms with van der Waals surface area (Å²) in [6, 6.07) is -3.50. The lowest BCUT2D eigenvalue weighted by molar-refractivity contribution is -0.145. The van der Waals surface area contributed by atoms with Gasteiger partial charge in [0.25, 0.3) is 5.91 Å². The van der Waals surface area contributed by atoms with Gasteiger partial charge in [-0.15, -0.1) is 0 Å². The monoisotopic (exact) mass is 721 g/mol. The van der Waals surface area contributed by atoms with E-state index in [4.69, 9.17) is 0 Å². The number of hydrogen-bond acceptors (Lipinski definition) is 7. The first-order valence-corrected chi connectivity index (χ1v) is 20.6. The second-order valence-corrected chi connectivity index (χ2v) is 20.7. The Balaban J connectivity index is 1.54. The molecule has 12 nitrogen and oxygen atoms in total. The largest absolute Gasteiger partial charge is 0.347 e. The van der Waals surface area contributed by atoms with Crippen molar-refractivity contribution < 1.29 is 32.4 Å². The molecule has 0 radical (unpaired) electrons. The van der Waals surface area contributed by atoms with Gasteiger partial charge in [0, 0.05) is 12.6 Å². The molecule has 4 rings (SSSR count). The molecule has 0 aromatic rings. The van der Waals surface area contributed by atoms with E-state index in [1.165, 1.54) is 4.90 Å². The van der Waals surface area contributed by atoms with E-state index in [1.54, 1.807) is 20.8 Å². The molecule has 5 amide bonds. The number of nitrogens with zero attached hydrogens (tertiary/aromatic N) is 1. The molecule has 1 saturated heterocycles. The van der Waals surface area contributed by atoms with E-state index in [2.05, 4.69) is 21.3 Å². The third-order valence-corrected chi connectivity index (χ3v) is 14.0. The van der Waals surface area contributed by atoms with Gasteiger partial charge in [0.2, 0.25) is 17.6 Å². The molecule has 1 heterocycles. The van der Waals surface area contributed by atoms with Gasteiger partial charge < -0.3 is 26.2 Å². The topological polar surface area (TPSA) is 171 Å². The second-order valence-electron chi connectivity index (χ2n) is 18.0. The van der Waals surface area contributed by atoms with Crippen LogP contribution in [-0.2, 0) is 29.0 Å². The minimum absolute atomic E-state index is 0.00872. The summed E-state index contributed by atoms with van der Waals surface area (Å²) in [6.45, 7) is 14.8. The first kappa shape index (κ1) is 40.1. The Hall–Kier alpha value is -2.70. The van der Waals surface area contributed by atoms with E-state index in [1.807, 2.05) is 34.6 Å². The van der Waals surface area contributed by atoms with Crippen LogP contribution in [0, 0.1) is 23.2 Å². The zero-order valence-electron chi connectivity index (χ0n) is 31.7. The van der Waals surface area contributed by atoms with Crippen molar-refractivity contribution >= 4 is 39.4 Å². The zero-order valence-corrected chi connectivity index (χ0v) is 32.5. The molecule has 3 aliphatic carbocycles. The number of ketones is 1. The molecule has 4 fully saturated rings. The van der Waals surface area contributed by atoms with Crippen LogP contribution >= 0.6 is 0 Å². The van der Waals surface area contributed by atoms with Gasteiger partial charge in [-0.2, -0.15) is 0 Å². The summed E-state index contributed by atoms with van der Waals surface area (Å²) >= 11 is 0. The Labute approximate surface area is 299 Å². The lowest BCUT2D eigenvalue weighted by Crippen LogP contribution is -2.64.